The van der Waals surface area contributed by atoms with Crippen LogP contribution in [0.3, 0.4) is 0 Å². The highest BCUT2D eigenvalue weighted by molar-refractivity contribution is 9.10. The maximum absolute atomic E-state index is 11.9. The van der Waals surface area contributed by atoms with Crippen molar-refractivity contribution in [2.75, 3.05) is 0 Å². The van der Waals surface area contributed by atoms with E-state index < -0.39 is 0 Å². The molecule has 0 aliphatic rings. The van der Waals surface area contributed by atoms with Crippen molar-refractivity contribution in [1.82, 2.24) is 5.43 Å². The molecule has 0 fully saturated rings. The van der Waals surface area contributed by atoms with E-state index in [0.29, 0.717) is 15.6 Å². The molecule has 0 aliphatic heterocycles. The molecule has 0 unspecified atom stereocenters. The van der Waals surface area contributed by atoms with Crippen LogP contribution < -0.4 is 5.43 Å². The summed E-state index contributed by atoms with van der Waals surface area (Å²) in [5.74, 6) is -0.289. The van der Waals surface area contributed by atoms with Crippen molar-refractivity contribution in [2.45, 2.75) is 0 Å². The predicted molar refractivity (Wildman–Crippen MR) is 80.4 cm³/mol. The number of nitriles is 1. The van der Waals surface area contributed by atoms with Gasteiger partial charge in [0.25, 0.3) is 5.91 Å². The maximum Gasteiger partial charge on any atom is 0.272 e. The zero-order valence-corrected chi connectivity index (χ0v) is 12.0. The monoisotopic (exact) mass is 327 g/mol. The van der Waals surface area contributed by atoms with Gasteiger partial charge in [-0.15, -0.1) is 0 Å². The van der Waals surface area contributed by atoms with Crippen molar-refractivity contribution in [1.29, 1.82) is 5.26 Å². The van der Waals surface area contributed by atoms with Gasteiger partial charge in [-0.05, 0) is 45.8 Å². The third-order valence-electron chi connectivity index (χ3n) is 2.54. The Morgan fingerprint density at radius 3 is 2.55 bits per heavy atom. The molecule has 0 atom stereocenters. The van der Waals surface area contributed by atoms with Crippen molar-refractivity contribution < 1.29 is 4.79 Å². The number of nitrogens with zero attached hydrogens (tertiary/aromatic N) is 2. The van der Waals surface area contributed by atoms with Crippen molar-refractivity contribution in [3.8, 4) is 6.07 Å². The van der Waals surface area contributed by atoms with Gasteiger partial charge in [-0.1, -0.05) is 24.3 Å². The molecule has 98 valence electrons. The SMILES string of the molecule is N#Cc1ccc(C=NNC(=O)c2ccccc2Br)cc1. The summed E-state index contributed by atoms with van der Waals surface area (Å²) in [5, 5.41) is 12.6. The summed E-state index contributed by atoms with van der Waals surface area (Å²) >= 11 is 3.31. The van der Waals surface area contributed by atoms with E-state index in [1.54, 1.807) is 42.5 Å². The van der Waals surface area contributed by atoms with E-state index in [-0.39, 0.29) is 5.91 Å². The average Bonchev–Trinajstić information content (AvgIpc) is 2.48. The molecule has 1 amide bonds. The van der Waals surface area contributed by atoms with Crippen molar-refractivity contribution >= 4 is 28.1 Å². The number of halogens is 1. The molecular formula is C15H10BrN3O. The van der Waals surface area contributed by atoms with Crippen LogP contribution >= 0.6 is 15.9 Å². The van der Waals surface area contributed by atoms with Gasteiger partial charge in [0, 0.05) is 4.47 Å². The first-order valence-electron chi connectivity index (χ1n) is 5.79. The van der Waals surface area contributed by atoms with Crippen LogP contribution in [-0.2, 0) is 0 Å². The topological polar surface area (TPSA) is 65.2 Å². The number of hydrogen-bond donors (Lipinski definition) is 1. The molecule has 5 heteroatoms. The highest BCUT2D eigenvalue weighted by Gasteiger charge is 2.07. The lowest BCUT2D eigenvalue weighted by Crippen LogP contribution is -2.18. The summed E-state index contributed by atoms with van der Waals surface area (Å²) in [4.78, 5) is 11.9. The summed E-state index contributed by atoms with van der Waals surface area (Å²) < 4.78 is 0.714. The van der Waals surface area contributed by atoms with Gasteiger partial charge < -0.3 is 0 Å². The average molecular weight is 328 g/mol. The van der Waals surface area contributed by atoms with Gasteiger partial charge in [0.1, 0.15) is 0 Å². The van der Waals surface area contributed by atoms with E-state index in [4.69, 9.17) is 5.26 Å². The number of carbonyl (C=O) groups is 1. The van der Waals surface area contributed by atoms with Gasteiger partial charge in [-0.25, -0.2) is 5.43 Å². The molecule has 2 rings (SSSR count). The van der Waals surface area contributed by atoms with Crippen LogP contribution in [0.15, 0.2) is 58.1 Å². The molecule has 0 bridgehead atoms. The molecular weight excluding hydrogens is 318 g/mol. The summed E-state index contributed by atoms with van der Waals surface area (Å²) in [7, 11) is 0. The summed E-state index contributed by atoms with van der Waals surface area (Å²) in [6.45, 7) is 0. The number of hydrazone groups is 1. The fraction of sp³-hybridized carbons (Fsp3) is 0. The predicted octanol–water partition coefficient (Wildman–Crippen LogP) is 3.08. The fourth-order valence-electron chi connectivity index (χ4n) is 1.51. The zero-order chi connectivity index (χ0) is 14.4. The summed E-state index contributed by atoms with van der Waals surface area (Å²) in [6, 6.07) is 16.0. The lowest BCUT2D eigenvalue weighted by Gasteiger charge is -2.01. The Kier molecular flexibility index (Phi) is 4.64. The lowest BCUT2D eigenvalue weighted by molar-refractivity contribution is 0.0954. The molecule has 20 heavy (non-hydrogen) atoms. The van der Waals surface area contributed by atoms with Crippen LogP contribution in [-0.4, -0.2) is 12.1 Å². The molecule has 1 N–H and O–H groups in total. The van der Waals surface area contributed by atoms with Crippen LogP contribution in [0.25, 0.3) is 0 Å². The van der Waals surface area contributed by atoms with Crippen LogP contribution in [0.1, 0.15) is 21.5 Å². The molecule has 0 radical (unpaired) electrons. The number of benzene rings is 2. The Labute approximate surface area is 124 Å². The molecule has 2 aromatic rings. The van der Waals surface area contributed by atoms with E-state index in [1.807, 2.05) is 12.1 Å². The molecule has 4 nitrogen and oxygen atoms in total. The van der Waals surface area contributed by atoms with Gasteiger partial charge in [0.2, 0.25) is 0 Å². The third-order valence-corrected chi connectivity index (χ3v) is 3.23. The highest BCUT2D eigenvalue weighted by atomic mass is 79.9. The normalized spacial score (nSPS) is 10.2. The first kappa shape index (κ1) is 14.0. The summed E-state index contributed by atoms with van der Waals surface area (Å²) in [5.41, 5.74) is 4.36. The lowest BCUT2D eigenvalue weighted by atomic mass is 10.2. The van der Waals surface area contributed by atoms with E-state index in [2.05, 4.69) is 26.5 Å². The molecule has 0 spiro atoms. The Hall–Kier alpha value is -2.45. The van der Waals surface area contributed by atoms with Crippen molar-refractivity contribution in [3.63, 3.8) is 0 Å². The number of amides is 1. The maximum atomic E-state index is 11.9. The van der Waals surface area contributed by atoms with Crippen LogP contribution in [0, 0.1) is 11.3 Å². The third kappa shape index (κ3) is 3.53. The largest absolute Gasteiger partial charge is 0.272 e. The Balaban J connectivity index is 2.01. The Bertz CT molecular complexity index is 687. The smallest absolute Gasteiger partial charge is 0.267 e. The zero-order valence-electron chi connectivity index (χ0n) is 10.4. The van der Waals surface area contributed by atoms with Crippen LogP contribution in [0.4, 0.5) is 0 Å². The standard InChI is InChI=1S/C15H10BrN3O/c16-14-4-2-1-3-13(14)15(20)19-18-10-12-7-5-11(9-17)6-8-12/h1-8,10H,(H,19,20). The molecule has 0 saturated heterocycles. The minimum atomic E-state index is -0.289. The van der Waals surface area contributed by atoms with E-state index in [1.165, 1.54) is 6.21 Å². The van der Waals surface area contributed by atoms with Gasteiger partial charge in [0.15, 0.2) is 0 Å². The van der Waals surface area contributed by atoms with Crippen LogP contribution in [0.5, 0.6) is 0 Å². The van der Waals surface area contributed by atoms with Crippen molar-refractivity contribution in [3.05, 3.63) is 69.7 Å². The highest BCUT2D eigenvalue weighted by Crippen LogP contribution is 2.15. The molecule has 2 aromatic carbocycles. The van der Waals surface area contributed by atoms with Gasteiger partial charge in [0.05, 0.1) is 23.4 Å². The van der Waals surface area contributed by atoms with Gasteiger partial charge in [-0.2, -0.15) is 10.4 Å². The first-order chi connectivity index (χ1) is 9.70. The summed E-state index contributed by atoms with van der Waals surface area (Å²) in [6.07, 6.45) is 1.52. The molecule has 0 aliphatic carbocycles. The number of carbonyl (C=O) groups excluding carboxylic acids is 1. The Morgan fingerprint density at radius 1 is 1.20 bits per heavy atom. The van der Waals surface area contributed by atoms with E-state index in [9.17, 15) is 4.79 Å². The number of rotatable bonds is 3. The number of hydrogen-bond acceptors (Lipinski definition) is 3. The molecule has 0 saturated carbocycles. The first-order valence-corrected chi connectivity index (χ1v) is 6.58. The Morgan fingerprint density at radius 2 is 1.90 bits per heavy atom. The second-order valence-corrected chi connectivity index (χ2v) is 4.77. The minimum Gasteiger partial charge on any atom is -0.267 e. The van der Waals surface area contributed by atoms with Gasteiger partial charge >= 0.3 is 0 Å². The minimum absolute atomic E-state index is 0.289. The fourth-order valence-corrected chi connectivity index (χ4v) is 1.98. The molecule has 0 aromatic heterocycles. The van der Waals surface area contributed by atoms with Crippen molar-refractivity contribution in [2.24, 2.45) is 5.10 Å². The molecule has 0 heterocycles. The number of nitrogens with one attached hydrogen (secondary N) is 1. The second kappa shape index (κ2) is 6.64. The van der Waals surface area contributed by atoms with Crippen LogP contribution in [0.2, 0.25) is 0 Å². The quantitative estimate of drug-likeness (QED) is 0.695. The van der Waals surface area contributed by atoms with E-state index in [0.717, 1.165) is 5.56 Å². The van der Waals surface area contributed by atoms with Gasteiger partial charge in [-0.3, -0.25) is 4.79 Å². The second-order valence-electron chi connectivity index (χ2n) is 3.91. The van der Waals surface area contributed by atoms with E-state index >= 15 is 0 Å².